The van der Waals surface area contributed by atoms with Crippen LogP contribution < -0.4 is 5.32 Å². The topological polar surface area (TPSA) is 51.0 Å². The zero-order valence-corrected chi connectivity index (χ0v) is 10.4. The van der Waals surface area contributed by atoms with Gasteiger partial charge in [-0.1, -0.05) is 13.8 Å². The Morgan fingerprint density at radius 3 is 2.73 bits per heavy atom. The molecule has 1 rings (SSSR count). The van der Waals surface area contributed by atoms with Crippen LogP contribution in [0.3, 0.4) is 0 Å². The molecule has 4 nitrogen and oxygen atoms in total. The van der Waals surface area contributed by atoms with Gasteiger partial charge in [-0.05, 0) is 19.2 Å². The van der Waals surface area contributed by atoms with Gasteiger partial charge in [-0.2, -0.15) is 11.8 Å². The van der Waals surface area contributed by atoms with Crippen LogP contribution in [0.1, 0.15) is 32.0 Å². The minimum absolute atomic E-state index is 0.541. The van der Waals surface area contributed by atoms with E-state index in [2.05, 4.69) is 29.4 Å². The molecule has 0 bridgehead atoms. The van der Waals surface area contributed by atoms with Gasteiger partial charge in [-0.15, -0.1) is 10.2 Å². The highest BCUT2D eigenvalue weighted by Gasteiger charge is 2.04. The van der Waals surface area contributed by atoms with Crippen molar-refractivity contribution >= 4 is 11.8 Å². The van der Waals surface area contributed by atoms with Crippen molar-refractivity contribution in [3.8, 4) is 0 Å². The average Bonchev–Trinajstić information content (AvgIpc) is 2.61. The maximum atomic E-state index is 5.46. The van der Waals surface area contributed by atoms with Gasteiger partial charge in [0.15, 0.2) is 0 Å². The Labute approximate surface area is 95.2 Å². The summed E-state index contributed by atoms with van der Waals surface area (Å²) >= 11 is 1.69. The van der Waals surface area contributed by atoms with Gasteiger partial charge in [0.05, 0.1) is 5.75 Å². The molecule has 0 amide bonds. The first-order chi connectivity index (χ1) is 7.22. The predicted octanol–water partition coefficient (Wildman–Crippen LogP) is 1.86. The van der Waals surface area contributed by atoms with E-state index in [1.165, 1.54) is 0 Å². The van der Waals surface area contributed by atoms with E-state index < -0.39 is 0 Å². The van der Waals surface area contributed by atoms with Gasteiger partial charge in [-0.3, -0.25) is 0 Å². The zero-order chi connectivity index (χ0) is 11.1. The lowest BCUT2D eigenvalue weighted by atomic mass is 10.3. The fourth-order valence-corrected chi connectivity index (χ4v) is 1.57. The molecule has 1 aromatic heterocycles. The first-order valence-electron chi connectivity index (χ1n) is 5.26. The predicted molar refractivity (Wildman–Crippen MR) is 63.0 cm³/mol. The van der Waals surface area contributed by atoms with Crippen LogP contribution >= 0.6 is 11.8 Å². The number of nitrogens with one attached hydrogen (secondary N) is 1. The molecule has 0 saturated carbocycles. The van der Waals surface area contributed by atoms with Crippen LogP contribution in [-0.2, 0) is 12.2 Å². The summed E-state index contributed by atoms with van der Waals surface area (Å²) in [6.07, 6.45) is 3.93. The number of rotatable bonds is 7. The van der Waals surface area contributed by atoms with E-state index >= 15 is 0 Å². The molecule has 0 unspecified atom stereocenters. The SMILES string of the molecule is CSCc1nnc(CCCNC(C)C)o1. The molecule has 0 atom stereocenters. The van der Waals surface area contributed by atoms with Crippen LogP contribution in [-0.4, -0.2) is 29.0 Å². The summed E-state index contributed by atoms with van der Waals surface area (Å²) < 4.78 is 5.46. The lowest BCUT2D eigenvalue weighted by molar-refractivity contribution is 0.452. The smallest absolute Gasteiger partial charge is 0.226 e. The first kappa shape index (κ1) is 12.5. The molecule has 15 heavy (non-hydrogen) atoms. The van der Waals surface area contributed by atoms with Crippen molar-refractivity contribution in [3.05, 3.63) is 11.8 Å². The summed E-state index contributed by atoms with van der Waals surface area (Å²) in [5.41, 5.74) is 0. The molecular weight excluding hydrogens is 210 g/mol. The molecule has 0 aliphatic heterocycles. The summed E-state index contributed by atoms with van der Waals surface area (Å²) in [6, 6.07) is 0.541. The van der Waals surface area contributed by atoms with Crippen molar-refractivity contribution in [3.63, 3.8) is 0 Å². The summed E-state index contributed by atoms with van der Waals surface area (Å²) in [4.78, 5) is 0. The third kappa shape index (κ3) is 5.18. The molecule has 0 aliphatic rings. The van der Waals surface area contributed by atoms with Gasteiger partial charge in [0.25, 0.3) is 0 Å². The normalized spacial score (nSPS) is 11.2. The lowest BCUT2D eigenvalue weighted by Crippen LogP contribution is -2.23. The van der Waals surface area contributed by atoms with E-state index in [4.69, 9.17) is 4.42 Å². The van der Waals surface area contributed by atoms with Gasteiger partial charge < -0.3 is 9.73 Å². The molecule has 86 valence electrons. The van der Waals surface area contributed by atoms with Crippen LogP contribution in [0, 0.1) is 0 Å². The Morgan fingerprint density at radius 1 is 1.33 bits per heavy atom. The molecule has 0 fully saturated rings. The Hall–Kier alpha value is -0.550. The van der Waals surface area contributed by atoms with Crippen molar-refractivity contribution in [1.82, 2.24) is 15.5 Å². The number of hydrogen-bond acceptors (Lipinski definition) is 5. The molecule has 5 heteroatoms. The van der Waals surface area contributed by atoms with Gasteiger partial charge in [0, 0.05) is 12.5 Å². The fourth-order valence-electron chi connectivity index (χ4n) is 1.20. The molecule has 1 aromatic rings. The maximum absolute atomic E-state index is 5.46. The summed E-state index contributed by atoms with van der Waals surface area (Å²) in [6.45, 7) is 5.28. The maximum Gasteiger partial charge on any atom is 0.226 e. The van der Waals surface area contributed by atoms with E-state index in [9.17, 15) is 0 Å². The molecular formula is C10H19N3OS. The van der Waals surface area contributed by atoms with Crippen molar-refractivity contribution in [2.75, 3.05) is 12.8 Å². The second-order valence-electron chi connectivity index (χ2n) is 3.73. The minimum Gasteiger partial charge on any atom is -0.424 e. The van der Waals surface area contributed by atoms with E-state index in [0.717, 1.165) is 36.9 Å². The van der Waals surface area contributed by atoms with Crippen LogP contribution in [0.15, 0.2) is 4.42 Å². The molecule has 0 aromatic carbocycles. The van der Waals surface area contributed by atoms with Crippen LogP contribution in [0.4, 0.5) is 0 Å². The molecule has 1 heterocycles. The van der Waals surface area contributed by atoms with Crippen LogP contribution in [0.25, 0.3) is 0 Å². The van der Waals surface area contributed by atoms with Crippen LogP contribution in [0.2, 0.25) is 0 Å². The monoisotopic (exact) mass is 229 g/mol. The van der Waals surface area contributed by atoms with E-state index in [-0.39, 0.29) is 0 Å². The van der Waals surface area contributed by atoms with E-state index in [1.54, 1.807) is 11.8 Å². The highest BCUT2D eigenvalue weighted by Crippen LogP contribution is 2.08. The average molecular weight is 229 g/mol. The van der Waals surface area contributed by atoms with Gasteiger partial charge >= 0.3 is 0 Å². The zero-order valence-electron chi connectivity index (χ0n) is 9.62. The standard InChI is InChI=1S/C10H19N3OS/c1-8(2)11-6-4-5-9-12-13-10(14-9)7-15-3/h8,11H,4-7H2,1-3H3. The Kier molecular flexibility index (Phi) is 5.71. The largest absolute Gasteiger partial charge is 0.424 e. The molecule has 1 N–H and O–H groups in total. The second-order valence-corrected chi connectivity index (χ2v) is 4.60. The Balaban J connectivity index is 2.19. The Bertz CT molecular complexity index is 275. The van der Waals surface area contributed by atoms with Crippen molar-refractivity contribution in [2.24, 2.45) is 0 Å². The third-order valence-corrected chi connectivity index (χ3v) is 2.43. The molecule has 0 radical (unpaired) electrons. The fraction of sp³-hybridized carbons (Fsp3) is 0.800. The molecule has 0 spiro atoms. The van der Waals surface area contributed by atoms with E-state index in [1.807, 2.05) is 6.26 Å². The quantitative estimate of drug-likeness (QED) is 0.723. The minimum atomic E-state index is 0.541. The summed E-state index contributed by atoms with van der Waals surface area (Å²) in [7, 11) is 0. The third-order valence-electron chi connectivity index (χ3n) is 1.90. The molecule has 0 saturated heterocycles. The van der Waals surface area contributed by atoms with Gasteiger partial charge in [0.1, 0.15) is 0 Å². The summed E-state index contributed by atoms with van der Waals surface area (Å²) in [5, 5.41) is 11.3. The number of hydrogen-bond donors (Lipinski definition) is 1. The number of aryl methyl sites for hydroxylation is 1. The highest BCUT2D eigenvalue weighted by atomic mass is 32.2. The van der Waals surface area contributed by atoms with Gasteiger partial charge in [-0.25, -0.2) is 0 Å². The number of thioether (sulfide) groups is 1. The summed E-state index contributed by atoms with van der Waals surface area (Å²) in [5.74, 6) is 2.29. The van der Waals surface area contributed by atoms with Crippen LogP contribution in [0.5, 0.6) is 0 Å². The highest BCUT2D eigenvalue weighted by molar-refractivity contribution is 7.97. The number of nitrogens with zero attached hydrogens (tertiary/aromatic N) is 2. The van der Waals surface area contributed by atoms with Crippen molar-refractivity contribution < 1.29 is 4.42 Å². The second kappa shape index (κ2) is 6.85. The lowest BCUT2D eigenvalue weighted by Gasteiger charge is -2.05. The van der Waals surface area contributed by atoms with Crippen molar-refractivity contribution in [1.29, 1.82) is 0 Å². The first-order valence-corrected chi connectivity index (χ1v) is 6.65. The Morgan fingerprint density at radius 2 is 2.07 bits per heavy atom. The van der Waals surface area contributed by atoms with Gasteiger partial charge in [0.2, 0.25) is 11.8 Å². The van der Waals surface area contributed by atoms with E-state index in [0.29, 0.717) is 6.04 Å². The number of aromatic nitrogens is 2. The van der Waals surface area contributed by atoms with Crippen molar-refractivity contribution in [2.45, 2.75) is 38.5 Å². The molecule has 0 aliphatic carbocycles.